The molecule has 6 heteroatoms. The zero-order chi connectivity index (χ0) is 13.3. The van der Waals surface area contributed by atoms with E-state index in [-0.39, 0.29) is 6.04 Å². The van der Waals surface area contributed by atoms with Crippen molar-refractivity contribution >= 4 is 15.9 Å². The van der Waals surface area contributed by atoms with Crippen molar-refractivity contribution < 1.29 is 8.42 Å². The molecule has 0 amide bonds. The number of hydrogen-bond donors (Lipinski definition) is 1. The number of hydrogen-bond acceptors (Lipinski definition) is 3. The van der Waals surface area contributed by atoms with E-state index in [0.717, 1.165) is 5.56 Å². The Kier molecular flexibility index (Phi) is 3.61. The van der Waals surface area contributed by atoms with Crippen LogP contribution < -0.4 is 10.0 Å². The van der Waals surface area contributed by atoms with Crippen molar-refractivity contribution in [1.82, 2.24) is 4.31 Å². The van der Waals surface area contributed by atoms with Crippen molar-refractivity contribution in [3.05, 3.63) is 29.8 Å². The maximum absolute atomic E-state index is 12.4. The van der Waals surface area contributed by atoms with Crippen LogP contribution in [0.15, 0.2) is 24.3 Å². The summed E-state index contributed by atoms with van der Waals surface area (Å²) in [7, 11) is -3.42. The van der Waals surface area contributed by atoms with E-state index in [9.17, 15) is 8.42 Å². The second-order valence-electron chi connectivity index (χ2n) is 4.47. The van der Waals surface area contributed by atoms with Crippen LogP contribution in [-0.4, -0.2) is 38.4 Å². The van der Waals surface area contributed by atoms with E-state index < -0.39 is 10.2 Å². The molecule has 0 aliphatic carbocycles. The largest absolute Gasteiger partial charge is 0.329 e. The molecule has 1 unspecified atom stereocenters. The average molecular weight is 269 g/mol. The summed E-state index contributed by atoms with van der Waals surface area (Å²) < 4.78 is 27.7. The first-order valence-corrected chi connectivity index (χ1v) is 7.46. The van der Waals surface area contributed by atoms with E-state index in [1.807, 2.05) is 38.1 Å². The zero-order valence-electron chi connectivity index (χ0n) is 10.7. The van der Waals surface area contributed by atoms with E-state index in [1.54, 1.807) is 0 Å². The van der Waals surface area contributed by atoms with E-state index >= 15 is 0 Å². The molecule has 5 nitrogen and oxygen atoms in total. The van der Waals surface area contributed by atoms with Crippen LogP contribution in [-0.2, 0) is 10.2 Å². The Bertz CT molecular complexity index is 513. The Morgan fingerprint density at radius 3 is 2.39 bits per heavy atom. The Morgan fingerprint density at radius 2 is 1.94 bits per heavy atom. The third kappa shape index (κ3) is 2.11. The predicted octanol–water partition coefficient (Wildman–Crippen LogP) is 0.709. The summed E-state index contributed by atoms with van der Waals surface area (Å²) in [6.45, 7) is 5.03. The van der Waals surface area contributed by atoms with Crippen molar-refractivity contribution in [1.29, 1.82) is 0 Å². The monoisotopic (exact) mass is 269 g/mol. The number of nitrogens with zero attached hydrogens (tertiary/aromatic N) is 2. The number of likely N-dealkylation sites (N-methyl/N-ethyl adjacent to an activating group) is 1. The van der Waals surface area contributed by atoms with Gasteiger partial charge in [-0.05, 0) is 19.1 Å². The highest BCUT2D eigenvalue weighted by Crippen LogP contribution is 2.28. The molecule has 0 bridgehead atoms. The number of rotatable bonds is 3. The van der Waals surface area contributed by atoms with Crippen LogP contribution in [0.1, 0.15) is 12.5 Å². The molecule has 0 radical (unpaired) electrons. The molecule has 1 fully saturated rings. The van der Waals surface area contributed by atoms with Crippen molar-refractivity contribution in [2.45, 2.75) is 19.9 Å². The minimum Gasteiger partial charge on any atom is -0.329 e. The van der Waals surface area contributed by atoms with Crippen LogP contribution in [0.2, 0.25) is 0 Å². The Hall–Kier alpha value is -1.11. The van der Waals surface area contributed by atoms with Crippen LogP contribution >= 0.6 is 0 Å². The number of nitrogens with two attached hydrogens (primary N) is 1. The molecule has 1 aliphatic rings. The molecule has 100 valence electrons. The highest BCUT2D eigenvalue weighted by atomic mass is 32.2. The van der Waals surface area contributed by atoms with Gasteiger partial charge in [0, 0.05) is 13.1 Å². The highest BCUT2D eigenvalue weighted by molar-refractivity contribution is 7.90. The molecule has 1 saturated heterocycles. The fourth-order valence-corrected chi connectivity index (χ4v) is 4.11. The van der Waals surface area contributed by atoms with Crippen LogP contribution in [0.3, 0.4) is 0 Å². The van der Waals surface area contributed by atoms with Crippen LogP contribution in [0.5, 0.6) is 0 Å². The summed E-state index contributed by atoms with van der Waals surface area (Å²) in [4.78, 5) is 0. The highest BCUT2D eigenvalue weighted by Gasteiger charge is 2.42. The van der Waals surface area contributed by atoms with Gasteiger partial charge in [0.05, 0.1) is 18.3 Å². The summed E-state index contributed by atoms with van der Waals surface area (Å²) in [5.41, 5.74) is 7.47. The zero-order valence-corrected chi connectivity index (χ0v) is 11.5. The Morgan fingerprint density at radius 1 is 1.33 bits per heavy atom. The van der Waals surface area contributed by atoms with E-state index in [1.165, 1.54) is 8.61 Å². The van der Waals surface area contributed by atoms with Gasteiger partial charge in [0.15, 0.2) is 0 Å². The molecular weight excluding hydrogens is 250 g/mol. The van der Waals surface area contributed by atoms with Gasteiger partial charge in [0.1, 0.15) is 0 Å². The van der Waals surface area contributed by atoms with Crippen molar-refractivity contribution in [2.24, 2.45) is 5.73 Å². The molecule has 1 atom stereocenters. The molecule has 18 heavy (non-hydrogen) atoms. The fourth-order valence-electron chi connectivity index (χ4n) is 2.25. The Balaban J connectivity index is 2.38. The van der Waals surface area contributed by atoms with Gasteiger partial charge < -0.3 is 5.73 Å². The lowest BCUT2D eigenvalue weighted by molar-refractivity contribution is 0.375. The van der Waals surface area contributed by atoms with Crippen LogP contribution in [0.25, 0.3) is 0 Å². The fraction of sp³-hybridized carbons (Fsp3) is 0.500. The normalized spacial score (nSPS) is 23.5. The lowest BCUT2D eigenvalue weighted by Crippen LogP contribution is -2.39. The molecule has 1 aliphatic heterocycles. The summed E-state index contributed by atoms with van der Waals surface area (Å²) >= 11 is 0. The first-order valence-electron chi connectivity index (χ1n) is 6.07. The quantitative estimate of drug-likeness (QED) is 0.878. The molecule has 2 rings (SSSR count). The molecule has 0 spiro atoms. The van der Waals surface area contributed by atoms with E-state index in [0.29, 0.717) is 25.3 Å². The molecule has 0 aromatic heterocycles. The van der Waals surface area contributed by atoms with Crippen molar-refractivity contribution in [3.63, 3.8) is 0 Å². The minimum atomic E-state index is -3.42. The SMILES string of the molecule is CCN1C(CN)CN(c2ccc(C)cc2)S1(=O)=O. The smallest absolute Gasteiger partial charge is 0.304 e. The third-order valence-electron chi connectivity index (χ3n) is 3.26. The standard InChI is InChI=1S/C12H19N3O2S/c1-3-14-12(8-13)9-15(18(14,16)17)11-6-4-10(2)5-7-11/h4-7,12H,3,8-9,13H2,1-2H3. The summed E-state index contributed by atoms with van der Waals surface area (Å²) in [5, 5.41) is 0. The van der Waals surface area contributed by atoms with Gasteiger partial charge in [0.2, 0.25) is 0 Å². The van der Waals surface area contributed by atoms with Gasteiger partial charge in [-0.2, -0.15) is 12.7 Å². The van der Waals surface area contributed by atoms with E-state index in [4.69, 9.17) is 5.73 Å². The lowest BCUT2D eigenvalue weighted by Gasteiger charge is -2.20. The lowest BCUT2D eigenvalue weighted by atomic mass is 10.2. The van der Waals surface area contributed by atoms with Gasteiger partial charge in [-0.1, -0.05) is 24.6 Å². The summed E-state index contributed by atoms with van der Waals surface area (Å²) in [6, 6.07) is 7.36. The third-order valence-corrected chi connectivity index (χ3v) is 5.33. The second kappa shape index (κ2) is 4.87. The molecule has 1 aromatic rings. The van der Waals surface area contributed by atoms with Gasteiger partial charge in [-0.15, -0.1) is 0 Å². The second-order valence-corrected chi connectivity index (χ2v) is 6.27. The average Bonchev–Trinajstić information content (AvgIpc) is 2.61. The van der Waals surface area contributed by atoms with Gasteiger partial charge in [0.25, 0.3) is 0 Å². The predicted molar refractivity (Wildman–Crippen MR) is 72.7 cm³/mol. The van der Waals surface area contributed by atoms with Gasteiger partial charge in [-0.3, -0.25) is 4.31 Å². The first-order chi connectivity index (χ1) is 8.50. The maximum Gasteiger partial charge on any atom is 0.304 e. The first kappa shape index (κ1) is 13.3. The summed E-state index contributed by atoms with van der Waals surface area (Å²) in [6.07, 6.45) is 0. The Labute approximate surface area is 108 Å². The summed E-state index contributed by atoms with van der Waals surface area (Å²) in [5.74, 6) is 0. The van der Waals surface area contributed by atoms with Gasteiger partial charge in [-0.25, -0.2) is 0 Å². The maximum atomic E-state index is 12.4. The number of benzene rings is 1. The molecule has 1 aromatic carbocycles. The van der Waals surface area contributed by atoms with E-state index in [2.05, 4.69) is 0 Å². The van der Waals surface area contributed by atoms with Crippen LogP contribution in [0, 0.1) is 6.92 Å². The number of anilines is 1. The van der Waals surface area contributed by atoms with Crippen molar-refractivity contribution in [3.8, 4) is 0 Å². The topological polar surface area (TPSA) is 66.6 Å². The van der Waals surface area contributed by atoms with Crippen molar-refractivity contribution in [2.75, 3.05) is 23.9 Å². The molecule has 1 heterocycles. The molecule has 2 N–H and O–H groups in total. The van der Waals surface area contributed by atoms with Gasteiger partial charge >= 0.3 is 10.2 Å². The van der Waals surface area contributed by atoms with Crippen LogP contribution in [0.4, 0.5) is 5.69 Å². The number of aryl methyl sites for hydroxylation is 1. The molecule has 0 saturated carbocycles. The minimum absolute atomic E-state index is 0.138. The molecular formula is C12H19N3O2S.